The number of para-hydroxylation sites is 1. The molecule has 3 N–H and O–H groups in total. The molecule has 6 heteroatoms. The first kappa shape index (κ1) is 23.3. The van der Waals surface area contributed by atoms with Crippen LogP contribution in [0.5, 0.6) is 0 Å². The molecule has 0 unspecified atom stereocenters. The maximum atomic E-state index is 11.8. The van der Waals surface area contributed by atoms with E-state index in [1.54, 1.807) is 7.05 Å². The topological polar surface area (TPSA) is 68.8 Å². The molecule has 0 atom stereocenters. The zero-order valence-electron chi connectivity index (χ0n) is 18.4. The van der Waals surface area contributed by atoms with E-state index >= 15 is 0 Å². The number of anilines is 1. The molecule has 0 fully saturated rings. The summed E-state index contributed by atoms with van der Waals surface area (Å²) in [5, 5.41) is 9.35. The van der Waals surface area contributed by atoms with E-state index < -0.39 is 0 Å². The molecule has 0 radical (unpaired) electrons. The fourth-order valence-corrected chi connectivity index (χ4v) is 3.14. The summed E-state index contributed by atoms with van der Waals surface area (Å²) in [6, 6.07) is 18.2. The van der Waals surface area contributed by atoms with Gasteiger partial charge in [0.05, 0.1) is 0 Å². The lowest BCUT2D eigenvalue weighted by atomic mass is 10.1. The summed E-state index contributed by atoms with van der Waals surface area (Å²) in [5.74, 6) is 0.786. The van der Waals surface area contributed by atoms with Crippen LogP contribution in [0.15, 0.2) is 59.6 Å². The summed E-state index contributed by atoms with van der Waals surface area (Å²) in [6.45, 7) is 5.47. The van der Waals surface area contributed by atoms with Gasteiger partial charge in [0.25, 0.3) is 5.91 Å². The molecule has 0 saturated heterocycles. The highest BCUT2D eigenvalue weighted by molar-refractivity contribution is 5.94. The minimum absolute atomic E-state index is 0.0578. The Bertz CT molecular complexity index is 791. The second-order valence-electron chi connectivity index (χ2n) is 7.18. The highest BCUT2D eigenvalue weighted by atomic mass is 16.1. The van der Waals surface area contributed by atoms with E-state index in [-0.39, 0.29) is 5.91 Å². The molecule has 2 rings (SSSR count). The molecule has 0 heterocycles. The molecule has 2 aromatic carbocycles. The van der Waals surface area contributed by atoms with Crippen molar-refractivity contribution in [2.75, 3.05) is 45.2 Å². The van der Waals surface area contributed by atoms with Gasteiger partial charge in [-0.3, -0.25) is 9.79 Å². The maximum Gasteiger partial charge on any atom is 0.251 e. The van der Waals surface area contributed by atoms with E-state index in [1.807, 2.05) is 30.3 Å². The Labute approximate surface area is 180 Å². The molecule has 0 aromatic heterocycles. The second kappa shape index (κ2) is 13.2. The van der Waals surface area contributed by atoms with Gasteiger partial charge in [-0.05, 0) is 56.0 Å². The first-order valence-electron chi connectivity index (χ1n) is 10.7. The highest BCUT2D eigenvalue weighted by Crippen LogP contribution is 2.11. The van der Waals surface area contributed by atoms with Gasteiger partial charge in [-0.1, -0.05) is 30.3 Å². The van der Waals surface area contributed by atoms with Crippen molar-refractivity contribution >= 4 is 17.6 Å². The Morgan fingerprint density at radius 3 is 2.57 bits per heavy atom. The molecule has 0 aliphatic carbocycles. The monoisotopic (exact) mass is 409 g/mol. The summed E-state index contributed by atoms with van der Waals surface area (Å²) in [4.78, 5) is 18.7. The van der Waals surface area contributed by atoms with E-state index in [0.717, 1.165) is 57.0 Å². The molecule has 162 valence electrons. The fraction of sp³-hybridized carbons (Fsp3) is 0.417. The van der Waals surface area contributed by atoms with Gasteiger partial charge in [0.15, 0.2) is 5.96 Å². The summed E-state index contributed by atoms with van der Waals surface area (Å²) in [5.41, 5.74) is 3.07. The quantitative estimate of drug-likeness (QED) is 0.303. The van der Waals surface area contributed by atoms with Crippen molar-refractivity contribution in [1.82, 2.24) is 16.0 Å². The van der Waals surface area contributed by atoms with Crippen molar-refractivity contribution in [3.05, 3.63) is 65.7 Å². The Balaban J connectivity index is 1.73. The van der Waals surface area contributed by atoms with Gasteiger partial charge in [-0.25, -0.2) is 0 Å². The fourth-order valence-electron chi connectivity index (χ4n) is 3.14. The Kier molecular flexibility index (Phi) is 10.3. The zero-order valence-corrected chi connectivity index (χ0v) is 18.4. The predicted molar refractivity (Wildman–Crippen MR) is 126 cm³/mol. The molecule has 0 saturated carbocycles. The number of benzene rings is 2. The van der Waals surface area contributed by atoms with Gasteiger partial charge in [0, 0.05) is 51.5 Å². The van der Waals surface area contributed by atoms with Crippen molar-refractivity contribution in [2.45, 2.75) is 26.2 Å². The first-order valence-corrected chi connectivity index (χ1v) is 10.7. The summed E-state index contributed by atoms with van der Waals surface area (Å²) in [7, 11) is 3.78. The summed E-state index contributed by atoms with van der Waals surface area (Å²) in [6.07, 6.45) is 2.97. The van der Waals surface area contributed by atoms with Crippen molar-refractivity contribution in [1.29, 1.82) is 0 Å². The highest BCUT2D eigenvalue weighted by Gasteiger charge is 2.04. The SMILES string of the molecule is CCNC(=NCCCCN(C)c1ccccc1)NCCc1cccc(C(=O)NC)c1. The van der Waals surface area contributed by atoms with Crippen molar-refractivity contribution in [2.24, 2.45) is 4.99 Å². The van der Waals surface area contributed by atoms with Crippen molar-refractivity contribution in [3.8, 4) is 0 Å². The third-order valence-corrected chi connectivity index (χ3v) is 4.84. The minimum Gasteiger partial charge on any atom is -0.375 e. The van der Waals surface area contributed by atoms with Crippen LogP contribution in [-0.4, -0.2) is 52.1 Å². The Morgan fingerprint density at radius 1 is 1.03 bits per heavy atom. The van der Waals surface area contributed by atoms with Crippen LogP contribution < -0.4 is 20.9 Å². The number of hydrogen-bond donors (Lipinski definition) is 3. The second-order valence-corrected chi connectivity index (χ2v) is 7.18. The van der Waals surface area contributed by atoms with Gasteiger partial charge >= 0.3 is 0 Å². The molecule has 0 bridgehead atoms. The van der Waals surface area contributed by atoms with Gasteiger partial charge in [-0.2, -0.15) is 0 Å². The van der Waals surface area contributed by atoms with E-state index in [0.29, 0.717) is 5.56 Å². The van der Waals surface area contributed by atoms with Crippen LogP contribution in [0, 0.1) is 0 Å². The summed E-state index contributed by atoms with van der Waals surface area (Å²) < 4.78 is 0. The molecule has 30 heavy (non-hydrogen) atoms. The smallest absolute Gasteiger partial charge is 0.251 e. The molecular formula is C24H35N5O. The number of unbranched alkanes of at least 4 members (excludes halogenated alkanes) is 1. The predicted octanol–water partition coefficient (Wildman–Crippen LogP) is 3.06. The third kappa shape index (κ3) is 8.15. The van der Waals surface area contributed by atoms with Gasteiger partial charge < -0.3 is 20.9 Å². The number of carbonyl (C=O) groups is 1. The molecule has 2 aromatic rings. The average Bonchev–Trinajstić information content (AvgIpc) is 2.79. The van der Waals surface area contributed by atoms with Gasteiger partial charge in [0.2, 0.25) is 0 Å². The van der Waals surface area contributed by atoms with Crippen LogP contribution in [0.2, 0.25) is 0 Å². The molecule has 0 aliphatic rings. The zero-order chi connectivity index (χ0) is 21.6. The lowest BCUT2D eigenvalue weighted by Gasteiger charge is -2.18. The van der Waals surface area contributed by atoms with Crippen molar-refractivity contribution in [3.63, 3.8) is 0 Å². The number of amides is 1. The number of rotatable bonds is 11. The van der Waals surface area contributed by atoms with E-state index in [9.17, 15) is 4.79 Å². The van der Waals surface area contributed by atoms with Crippen LogP contribution in [0.1, 0.15) is 35.7 Å². The number of nitrogens with zero attached hydrogens (tertiary/aromatic N) is 2. The number of aliphatic imine (C=N–C) groups is 1. The first-order chi connectivity index (χ1) is 14.6. The number of hydrogen-bond acceptors (Lipinski definition) is 3. The van der Waals surface area contributed by atoms with Crippen LogP contribution in [-0.2, 0) is 6.42 Å². The van der Waals surface area contributed by atoms with Crippen LogP contribution in [0.4, 0.5) is 5.69 Å². The number of carbonyl (C=O) groups excluding carboxylic acids is 1. The number of nitrogens with one attached hydrogen (secondary N) is 3. The van der Waals surface area contributed by atoms with Crippen molar-refractivity contribution < 1.29 is 4.79 Å². The molecular weight excluding hydrogens is 374 g/mol. The average molecular weight is 410 g/mol. The van der Waals surface area contributed by atoms with Gasteiger partial charge in [0.1, 0.15) is 0 Å². The lowest BCUT2D eigenvalue weighted by Crippen LogP contribution is -2.38. The van der Waals surface area contributed by atoms with E-state index in [2.05, 4.69) is 64.1 Å². The van der Waals surface area contributed by atoms with Gasteiger partial charge in [-0.15, -0.1) is 0 Å². The van der Waals surface area contributed by atoms with E-state index in [4.69, 9.17) is 0 Å². The normalized spacial score (nSPS) is 11.1. The maximum absolute atomic E-state index is 11.8. The largest absolute Gasteiger partial charge is 0.375 e. The molecule has 0 spiro atoms. The lowest BCUT2D eigenvalue weighted by molar-refractivity contribution is 0.0963. The number of guanidine groups is 1. The van der Waals surface area contributed by atoms with Crippen LogP contribution in [0.25, 0.3) is 0 Å². The Morgan fingerprint density at radius 2 is 1.83 bits per heavy atom. The summed E-state index contributed by atoms with van der Waals surface area (Å²) >= 11 is 0. The molecule has 0 aliphatic heterocycles. The van der Waals surface area contributed by atoms with Crippen LogP contribution >= 0.6 is 0 Å². The Hall–Kier alpha value is -3.02. The van der Waals surface area contributed by atoms with E-state index in [1.165, 1.54) is 5.69 Å². The molecule has 1 amide bonds. The third-order valence-electron chi connectivity index (χ3n) is 4.84. The minimum atomic E-state index is -0.0578. The molecule has 6 nitrogen and oxygen atoms in total. The van der Waals surface area contributed by atoms with Crippen LogP contribution in [0.3, 0.4) is 0 Å². The standard InChI is InChI=1S/C24H35N5O/c1-4-26-24(27-16-8-9-18-29(3)22-13-6-5-7-14-22)28-17-15-20-11-10-12-21(19-20)23(30)25-2/h5-7,10-14,19H,4,8-9,15-18H2,1-3H3,(H,25,30)(H2,26,27,28).